The molecule has 0 aliphatic heterocycles. The first kappa shape index (κ1) is 13.4. The van der Waals surface area contributed by atoms with Crippen LogP contribution in [0.5, 0.6) is 0 Å². The molecule has 0 heterocycles. The lowest BCUT2D eigenvalue weighted by Gasteiger charge is -2.21. The Hall–Kier alpha value is -1.65. The molecule has 0 fully saturated rings. The van der Waals surface area contributed by atoms with E-state index in [0.717, 1.165) is 5.56 Å². The van der Waals surface area contributed by atoms with E-state index in [9.17, 15) is 9.90 Å². The lowest BCUT2D eigenvalue weighted by molar-refractivity contribution is -0.139. The number of benzene rings is 1. The molecule has 0 aliphatic carbocycles. The molecular weight excluding hydrogens is 216 g/mol. The van der Waals surface area contributed by atoms with Gasteiger partial charge in [-0.2, -0.15) is 0 Å². The first-order valence-electron chi connectivity index (χ1n) is 5.50. The predicted octanol–water partition coefficient (Wildman–Crippen LogP) is 0.569. The van der Waals surface area contributed by atoms with Gasteiger partial charge in [0.05, 0.1) is 0 Å². The summed E-state index contributed by atoms with van der Waals surface area (Å²) in [4.78, 5) is 11.5. The maximum absolute atomic E-state index is 11.5. The van der Waals surface area contributed by atoms with Crippen molar-refractivity contribution in [2.24, 2.45) is 5.73 Å². The number of carbonyl (C=O) groups is 1. The quantitative estimate of drug-likeness (QED) is 0.497. The molecule has 1 amide bonds. The van der Waals surface area contributed by atoms with Gasteiger partial charge in [-0.25, -0.2) is 0 Å². The molecule has 0 aromatic heterocycles. The Bertz CT molecular complexity index is 374. The number of nitrogens with one attached hydrogen (secondary N) is 1. The van der Waals surface area contributed by atoms with Gasteiger partial charge in [0.15, 0.2) is 5.72 Å². The highest BCUT2D eigenvalue weighted by Crippen LogP contribution is 2.09. The smallest absolute Gasteiger partial charge is 0.267 e. The molecule has 1 aromatic rings. The summed E-state index contributed by atoms with van der Waals surface area (Å²) in [5, 5.41) is 12.3. The van der Waals surface area contributed by atoms with Crippen molar-refractivity contribution in [2.45, 2.75) is 18.6 Å². The van der Waals surface area contributed by atoms with Gasteiger partial charge in [-0.1, -0.05) is 36.4 Å². The van der Waals surface area contributed by atoms with Crippen molar-refractivity contribution in [3.05, 3.63) is 48.6 Å². The number of carbonyl (C=O) groups excluding carboxylic acids is 1. The maximum atomic E-state index is 11.5. The zero-order valence-electron chi connectivity index (χ0n) is 9.73. The summed E-state index contributed by atoms with van der Waals surface area (Å²) >= 11 is 0. The Morgan fingerprint density at radius 1 is 1.47 bits per heavy atom. The van der Waals surface area contributed by atoms with Crippen molar-refractivity contribution >= 4 is 5.91 Å². The Morgan fingerprint density at radius 2 is 2.12 bits per heavy atom. The molecular formula is C13H18N2O2. The highest BCUT2D eigenvalue weighted by molar-refractivity contribution is 5.84. The Kier molecular flexibility index (Phi) is 4.87. The zero-order valence-corrected chi connectivity index (χ0v) is 9.73. The van der Waals surface area contributed by atoms with Crippen LogP contribution in [0.15, 0.2) is 43.0 Å². The van der Waals surface area contributed by atoms with Gasteiger partial charge in [-0.15, -0.1) is 6.58 Å². The summed E-state index contributed by atoms with van der Waals surface area (Å²) in [5.74, 6) is -0.576. The van der Waals surface area contributed by atoms with Gasteiger partial charge in [0, 0.05) is 13.0 Å². The van der Waals surface area contributed by atoms with E-state index in [4.69, 9.17) is 5.73 Å². The summed E-state index contributed by atoms with van der Waals surface area (Å²) in [6.07, 6.45) is 2.26. The second-order valence-corrected chi connectivity index (χ2v) is 3.91. The SMILES string of the molecule is C=CCNC(=O)C(N)(O)CCc1ccccc1. The van der Waals surface area contributed by atoms with E-state index in [1.165, 1.54) is 6.08 Å². The second-order valence-electron chi connectivity index (χ2n) is 3.91. The molecule has 1 rings (SSSR count). The van der Waals surface area contributed by atoms with Gasteiger partial charge in [0.25, 0.3) is 5.91 Å². The maximum Gasteiger partial charge on any atom is 0.267 e. The molecule has 0 saturated carbocycles. The first-order valence-corrected chi connectivity index (χ1v) is 5.50. The van der Waals surface area contributed by atoms with Crippen molar-refractivity contribution in [1.29, 1.82) is 0 Å². The van der Waals surface area contributed by atoms with Crippen molar-refractivity contribution in [3.63, 3.8) is 0 Å². The van der Waals surface area contributed by atoms with Gasteiger partial charge in [0.1, 0.15) is 0 Å². The monoisotopic (exact) mass is 234 g/mol. The summed E-state index contributed by atoms with van der Waals surface area (Å²) < 4.78 is 0. The minimum Gasteiger partial charge on any atom is -0.368 e. The van der Waals surface area contributed by atoms with Gasteiger partial charge in [0.2, 0.25) is 0 Å². The molecule has 1 unspecified atom stereocenters. The molecule has 1 aromatic carbocycles. The minimum absolute atomic E-state index is 0.181. The number of hydrogen-bond donors (Lipinski definition) is 3. The van der Waals surface area contributed by atoms with Crippen molar-refractivity contribution in [1.82, 2.24) is 5.32 Å². The molecule has 4 heteroatoms. The average Bonchev–Trinajstić information content (AvgIpc) is 2.35. The molecule has 92 valence electrons. The lowest BCUT2D eigenvalue weighted by Crippen LogP contribution is -2.54. The zero-order chi connectivity index (χ0) is 12.7. The highest BCUT2D eigenvalue weighted by Gasteiger charge is 2.29. The molecule has 0 spiro atoms. The Labute approximate surface area is 101 Å². The second kappa shape index (κ2) is 6.18. The van der Waals surface area contributed by atoms with E-state index in [1.807, 2.05) is 30.3 Å². The van der Waals surface area contributed by atoms with Gasteiger partial charge >= 0.3 is 0 Å². The Balaban J connectivity index is 2.49. The summed E-state index contributed by atoms with van der Waals surface area (Å²) in [7, 11) is 0. The van der Waals surface area contributed by atoms with Crippen LogP contribution in [-0.4, -0.2) is 23.3 Å². The van der Waals surface area contributed by atoms with E-state index in [1.54, 1.807) is 0 Å². The topological polar surface area (TPSA) is 75.4 Å². The van der Waals surface area contributed by atoms with Gasteiger partial charge in [-0.3, -0.25) is 10.5 Å². The van der Waals surface area contributed by atoms with Crippen LogP contribution in [0, 0.1) is 0 Å². The lowest BCUT2D eigenvalue weighted by atomic mass is 10.0. The van der Waals surface area contributed by atoms with E-state index in [0.29, 0.717) is 13.0 Å². The summed E-state index contributed by atoms with van der Waals surface area (Å²) in [6, 6.07) is 9.58. The first-order chi connectivity index (χ1) is 8.06. The fourth-order valence-corrected chi connectivity index (χ4v) is 1.41. The predicted molar refractivity (Wildman–Crippen MR) is 67.1 cm³/mol. The third kappa shape index (κ3) is 4.38. The number of amides is 1. The van der Waals surface area contributed by atoms with Gasteiger partial charge < -0.3 is 10.4 Å². The van der Waals surface area contributed by atoms with Crippen LogP contribution in [0.3, 0.4) is 0 Å². The van der Waals surface area contributed by atoms with Crippen LogP contribution >= 0.6 is 0 Å². The van der Waals surface area contributed by atoms with Crippen LogP contribution < -0.4 is 11.1 Å². The van der Waals surface area contributed by atoms with Crippen molar-refractivity contribution in [2.75, 3.05) is 6.54 Å². The molecule has 0 bridgehead atoms. The third-order valence-corrected chi connectivity index (χ3v) is 2.44. The van der Waals surface area contributed by atoms with Crippen molar-refractivity contribution in [3.8, 4) is 0 Å². The van der Waals surface area contributed by atoms with E-state index in [-0.39, 0.29) is 6.42 Å². The third-order valence-electron chi connectivity index (χ3n) is 2.44. The number of rotatable bonds is 6. The van der Waals surface area contributed by atoms with Crippen LogP contribution in [0.4, 0.5) is 0 Å². The van der Waals surface area contributed by atoms with Crippen LogP contribution in [0.2, 0.25) is 0 Å². The molecule has 0 radical (unpaired) electrons. The van der Waals surface area contributed by atoms with Crippen molar-refractivity contribution < 1.29 is 9.90 Å². The molecule has 17 heavy (non-hydrogen) atoms. The van der Waals surface area contributed by atoms with Crippen LogP contribution in [0.25, 0.3) is 0 Å². The number of hydrogen-bond acceptors (Lipinski definition) is 3. The number of aryl methyl sites for hydroxylation is 1. The molecule has 4 N–H and O–H groups in total. The summed E-state index contributed by atoms with van der Waals surface area (Å²) in [5.41, 5.74) is 4.76. The summed E-state index contributed by atoms with van der Waals surface area (Å²) in [6.45, 7) is 3.77. The van der Waals surface area contributed by atoms with Gasteiger partial charge in [-0.05, 0) is 12.0 Å². The Morgan fingerprint density at radius 3 is 2.71 bits per heavy atom. The fraction of sp³-hybridized carbons (Fsp3) is 0.308. The minimum atomic E-state index is -1.83. The van der Waals surface area contributed by atoms with Crippen LogP contribution in [-0.2, 0) is 11.2 Å². The van der Waals surface area contributed by atoms with E-state index in [2.05, 4.69) is 11.9 Å². The largest absolute Gasteiger partial charge is 0.368 e. The standard InChI is InChI=1S/C13H18N2O2/c1-2-10-15-12(16)13(14,17)9-8-11-6-4-3-5-7-11/h2-7,17H,1,8-10,14H2,(H,15,16). The normalized spacial score (nSPS) is 13.8. The fourth-order valence-electron chi connectivity index (χ4n) is 1.41. The van der Waals surface area contributed by atoms with Crippen LogP contribution in [0.1, 0.15) is 12.0 Å². The number of nitrogens with two attached hydrogens (primary N) is 1. The van der Waals surface area contributed by atoms with E-state index < -0.39 is 11.6 Å². The average molecular weight is 234 g/mol. The number of aliphatic hydroxyl groups is 1. The van der Waals surface area contributed by atoms with E-state index >= 15 is 0 Å². The molecule has 4 nitrogen and oxygen atoms in total. The molecule has 1 atom stereocenters. The highest BCUT2D eigenvalue weighted by atomic mass is 16.3. The molecule has 0 saturated heterocycles. The molecule has 0 aliphatic rings.